The maximum atomic E-state index is 12.5. The van der Waals surface area contributed by atoms with Crippen molar-refractivity contribution in [2.24, 2.45) is 5.92 Å². The fourth-order valence-corrected chi connectivity index (χ4v) is 4.45. The molecule has 128 valence electrons. The molecular weight excluding hydrogens is 324 g/mol. The molecule has 1 aliphatic rings. The number of carbonyl (C=O) groups excluding carboxylic acids is 1. The van der Waals surface area contributed by atoms with Gasteiger partial charge in [0.25, 0.3) is 5.56 Å². The summed E-state index contributed by atoms with van der Waals surface area (Å²) in [6.07, 6.45) is 3.89. The lowest BCUT2D eigenvalue weighted by Gasteiger charge is -2.17. The Morgan fingerprint density at radius 1 is 1.46 bits per heavy atom. The minimum absolute atomic E-state index is 0.132. The first-order valence-electron chi connectivity index (χ1n) is 8.25. The van der Waals surface area contributed by atoms with Crippen molar-refractivity contribution < 1.29 is 9.53 Å². The number of nitrogens with zero attached hydrogens (tertiary/aromatic N) is 1. The number of hydrogen-bond acceptors (Lipinski definition) is 5. The Balaban J connectivity index is 1.95. The van der Waals surface area contributed by atoms with Gasteiger partial charge in [0.15, 0.2) is 11.9 Å². The lowest BCUT2D eigenvalue weighted by molar-refractivity contribution is -0.142. The number of fused-ring (bicyclic) bond motifs is 3. The van der Waals surface area contributed by atoms with Gasteiger partial charge >= 0.3 is 5.97 Å². The third-order valence-corrected chi connectivity index (χ3v) is 5.42. The van der Waals surface area contributed by atoms with Gasteiger partial charge in [-0.2, -0.15) is 0 Å². The summed E-state index contributed by atoms with van der Waals surface area (Å²) in [5, 5.41) is 0.716. The SMILES string of the molecule is CC(C)=CC(=O)O[C@@H](C)c1nc2sc3c(c2c(=O)[nH]1)CC[C@@H](C)C3. The predicted octanol–water partition coefficient (Wildman–Crippen LogP) is 3.68. The Morgan fingerprint density at radius 2 is 2.21 bits per heavy atom. The van der Waals surface area contributed by atoms with Crippen LogP contribution in [0.3, 0.4) is 0 Å². The van der Waals surface area contributed by atoms with E-state index in [0.717, 1.165) is 35.2 Å². The second-order valence-corrected chi connectivity index (χ2v) is 7.87. The summed E-state index contributed by atoms with van der Waals surface area (Å²) in [6.45, 7) is 7.61. The number of esters is 1. The first kappa shape index (κ1) is 16.9. The molecule has 0 fully saturated rings. The molecule has 3 rings (SSSR count). The maximum absolute atomic E-state index is 12.5. The van der Waals surface area contributed by atoms with Crippen molar-refractivity contribution in [3.8, 4) is 0 Å². The van der Waals surface area contributed by atoms with Crippen LogP contribution in [0, 0.1) is 5.92 Å². The molecule has 1 aliphatic carbocycles. The molecular formula is C18H22N2O3S. The molecule has 1 N–H and O–H groups in total. The number of thiophene rings is 1. The van der Waals surface area contributed by atoms with Gasteiger partial charge in [0.05, 0.1) is 5.39 Å². The summed E-state index contributed by atoms with van der Waals surface area (Å²) in [5.41, 5.74) is 1.89. The van der Waals surface area contributed by atoms with Crippen LogP contribution < -0.4 is 5.56 Å². The topological polar surface area (TPSA) is 72.0 Å². The summed E-state index contributed by atoms with van der Waals surface area (Å²) in [4.78, 5) is 33.7. The lowest BCUT2D eigenvalue weighted by atomic mass is 9.89. The maximum Gasteiger partial charge on any atom is 0.331 e. The molecule has 0 saturated carbocycles. The largest absolute Gasteiger partial charge is 0.451 e. The van der Waals surface area contributed by atoms with Gasteiger partial charge in [-0.15, -0.1) is 11.3 Å². The molecule has 0 amide bonds. The van der Waals surface area contributed by atoms with Gasteiger partial charge in [-0.05, 0) is 51.5 Å². The van der Waals surface area contributed by atoms with E-state index < -0.39 is 12.1 Å². The molecule has 0 aromatic carbocycles. The van der Waals surface area contributed by atoms with Gasteiger partial charge in [-0.1, -0.05) is 12.5 Å². The average Bonchev–Trinajstić information content (AvgIpc) is 2.83. The van der Waals surface area contributed by atoms with Crippen LogP contribution >= 0.6 is 11.3 Å². The fourth-order valence-electron chi connectivity index (χ4n) is 3.06. The lowest BCUT2D eigenvalue weighted by Crippen LogP contribution is -2.17. The summed E-state index contributed by atoms with van der Waals surface area (Å²) in [6, 6.07) is 0. The van der Waals surface area contributed by atoms with Crippen LogP contribution in [-0.2, 0) is 22.4 Å². The predicted molar refractivity (Wildman–Crippen MR) is 95.4 cm³/mol. The van der Waals surface area contributed by atoms with Crippen LogP contribution in [0.1, 0.15) is 56.5 Å². The second-order valence-electron chi connectivity index (χ2n) is 6.78. The quantitative estimate of drug-likeness (QED) is 0.680. The van der Waals surface area contributed by atoms with Crippen molar-refractivity contribution in [1.82, 2.24) is 9.97 Å². The van der Waals surface area contributed by atoms with Gasteiger partial charge in [0, 0.05) is 11.0 Å². The van der Waals surface area contributed by atoms with Gasteiger partial charge in [-0.3, -0.25) is 4.79 Å². The number of carbonyl (C=O) groups is 1. The Bertz CT molecular complexity index is 874. The normalized spacial score (nSPS) is 18.1. The zero-order valence-electron chi connectivity index (χ0n) is 14.4. The van der Waals surface area contributed by atoms with Crippen LogP contribution in [0.5, 0.6) is 0 Å². The molecule has 2 atom stereocenters. The second kappa shape index (κ2) is 6.51. The Morgan fingerprint density at radius 3 is 2.92 bits per heavy atom. The highest BCUT2D eigenvalue weighted by Crippen LogP contribution is 2.35. The number of aromatic nitrogens is 2. The molecule has 0 aliphatic heterocycles. The van der Waals surface area contributed by atoms with E-state index in [1.807, 2.05) is 13.8 Å². The van der Waals surface area contributed by atoms with Crippen molar-refractivity contribution >= 4 is 27.5 Å². The monoisotopic (exact) mass is 346 g/mol. The summed E-state index contributed by atoms with van der Waals surface area (Å²) >= 11 is 1.60. The zero-order chi connectivity index (χ0) is 17.4. The van der Waals surface area contributed by atoms with Crippen molar-refractivity contribution in [2.45, 2.75) is 53.1 Å². The van der Waals surface area contributed by atoms with Crippen LogP contribution in [0.4, 0.5) is 0 Å². The molecule has 2 aromatic rings. The van der Waals surface area contributed by atoms with Crippen LogP contribution in [-0.4, -0.2) is 15.9 Å². The van der Waals surface area contributed by atoms with E-state index in [9.17, 15) is 9.59 Å². The Kier molecular flexibility index (Phi) is 4.58. The van der Waals surface area contributed by atoms with Gasteiger partial charge in [-0.25, -0.2) is 9.78 Å². The molecule has 2 heterocycles. The van der Waals surface area contributed by atoms with Crippen molar-refractivity contribution in [3.63, 3.8) is 0 Å². The minimum atomic E-state index is -0.594. The fraction of sp³-hybridized carbons (Fsp3) is 0.500. The molecule has 0 bridgehead atoms. The smallest absolute Gasteiger partial charge is 0.331 e. The molecule has 0 saturated heterocycles. The minimum Gasteiger partial charge on any atom is -0.451 e. The third-order valence-electron chi connectivity index (χ3n) is 4.27. The van der Waals surface area contributed by atoms with E-state index in [2.05, 4.69) is 16.9 Å². The third kappa shape index (κ3) is 3.29. The van der Waals surface area contributed by atoms with Gasteiger partial charge in [0.2, 0.25) is 0 Å². The Hall–Kier alpha value is -1.95. The van der Waals surface area contributed by atoms with Crippen LogP contribution in [0.15, 0.2) is 16.4 Å². The number of allylic oxidation sites excluding steroid dienone is 1. The van der Waals surface area contributed by atoms with Gasteiger partial charge < -0.3 is 9.72 Å². The number of hydrogen-bond donors (Lipinski definition) is 1. The van der Waals surface area contributed by atoms with E-state index in [0.29, 0.717) is 17.1 Å². The van der Waals surface area contributed by atoms with Crippen LogP contribution in [0.2, 0.25) is 0 Å². The standard InChI is InChI=1S/C18H22N2O3S/c1-9(2)7-14(21)23-11(4)16-19-17(22)15-12-6-5-10(3)8-13(12)24-18(15)20-16/h7,10-11H,5-6,8H2,1-4H3,(H,19,20,22)/t10-,11+/m1/s1. The summed E-state index contributed by atoms with van der Waals surface area (Å²) in [7, 11) is 0. The zero-order valence-corrected chi connectivity index (χ0v) is 15.3. The highest BCUT2D eigenvalue weighted by molar-refractivity contribution is 7.18. The molecule has 0 radical (unpaired) electrons. The highest BCUT2D eigenvalue weighted by Gasteiger charge is 2.24. The molecule has 2 aromatic heterocycles. The number of aromatic amines is 1. The number of ether oxygens (including phenoxy) is 1. The molecule has 24 heavy (non-hydrogen) atoms. The van der Waals surface area contributed by atoms with E-state index in [1.165, 1.54) is 11.0 Å². The number of aryl methyl sites for hydroxylation is 1. The summed E-state index contributed by atoms with van der Waals surface area (Å²) in [5.74, 6) is 0.618. The van der Waals surface area contributed by atoms with Crippen molar-refractivity contribution in [3.05, 3.63) is 38.3 Å². The Labute approximate surface area is 144 Å². The number of nitrogens with one attached hydrogen (secondary N) is 1. The van der Waals surface area contributed by atoms with Crippen molar-refractivity contribution in [1.29, 1.82) is 0 Å². The number of rotatable bonds is 3. The average molecular weight is 346 g/mol. The van der Waals surface area contributed by atoms with Crippen LogP contribution in [0.25, 0.3) is 10.2 Å². The first-order chi connectivity index (χ1) is 11.3. The van der Waals surface area contributed by atoms with Gasteiger partial charge in [0.1, 0.15) is 4.83 Å². The molecule has 6 heteroatoms. The molecule has 0 spiro atoms. The summed E-state index contributed by atoms with van der Waals surface area (Å²) < 4.78 is 5.33. The van der Waals surface area contributed by atoms with E-state index >= 15 is 0 Å². The molecule has 5 nitrogen and oxygen atoms in total. The van der Waals surface area contributed by atoms with E-state index in [-0.39, 0.29) is 5.56 Å². The highest BCUT2D eigenvalue weighted by atomic mass is 32.1. The van der Waals surface area contributed by atoms with E-state index in [1.54, 1.807) is 18.3 Å². The number of H-pyrrole nitrogens is 1. The first-order valence-corrected chi connectivity index (χ1v) is 9.06. The van der Waals surface area contributed by atoms with E-state index in [4.69, 9.17) is 4.74 Å². The van der Waals surface area contributed by atoms with Crippen molar-refractivity contribution in [2.75, 3.05) is 0 Å². The molecule has 0 unspecified atom stereocenters.